The minimum Gasteiger partial charge on any atom is -0.485 e. The molecule has 2 heterocycles. The maximum absolute atomic E-state index is 12.3. The summed E-state index contributed by atoms with van der Waals surface area (Å²) in [5.74, 6) is 1.38. The second-order valence-corrected chi connectivity index (χ2v) is 5.08. The molecule has 0 unspecified atom stereocenters. The van der Waals surface area contributed by atoms with E-state index in [-0.39, 0.29) is 12.5 Å². The van der Waals surface area contributed by atoms with E-state index >= 15 is 0 Å². The van der Waals surface area contributed by atoms with Crippen LogP contribution in [0.1, 0.15) is 0 Å². The van der Waals surface area contributed by atoms with Crippen LogP contribution in [-0.4, -0.2) is 43.9 Å². The van der Waals surface area contributed by atoms with Gasteiger partial charge in [0.2, 0.25) is 12.0 Å². The minimum absolute atomic E-state index is 0.161. The number of carbonyl (C=O) groups is 1. The number of carbonyl (C=O) groups excluding carboxylic acids is 1. The van der Waals surface area contributed by atoms with E-state index in [1.165, 1.54) is 6.20 Å². The molecule has 0 radical (unpaired) electrons. The maximum Gasteiger partial charge on any atom is 0.269 e. The van der Waals surface area contributed by atoms with Crippen molar-refractivity contribution in [3.63, 3.8) is 0 Å². The normalized spacial score (nSPS) is 15.6. The van der Waals surface area contributed by atoms with E-state index in [0.717, 1.165) is 0 Å². The van der Waals surface area contributed by atoms with E-state index in [0.29, 0.717) is 36.3 Å². The molecule has 1 atom stereocenters. The minimum atomic E-state index is -0.711. The number of aromatic nitrogens is 1. The predicted molar refractivity (Wildman–Crippen MR) is 86.6 cm³/mol. The Hall–Kier alpha value is -2.80. The summed E-state index contributed by atoms with van der Waals surface area (Å²) < 4.78 is 21.5. The lowest BCUT2D eigenvalue weighted by Gasteiger charge is -2.25. The summed E-state index contributed by atoms with van der Waals surface area (Å²) in [7, 11) is 1.60. The van der Waals surface area contributed by atoms with E-state index in [9.17, 15) is 4.79 Å². The van der Waals surface area contributed by atoms with Crippen LogP contribution in [0.3, 0.4) is 0 Å². The molecule has 1 aliphatic rings. The summed E-state index contributed by atoms with van der Waals surface area (Å²) in [6, 6.07) is 10.6. The number of rotatable bonds is 6. The number of pyridine rings is 1. The zero-order valence-corrected chi connectivity index (χ0v) is 13.2. The highest BCUT2D eigenvalue weighted by Crippen LogP contribution is 2.31. The largest absolute Gasteiger partial charge is 0.485 e. The molecule has 0 bridgehead atoms. The van der Waals surface area contributed by atoms with E-state index in [1.54, 1.807) is 31.4 Å². The molecule has 2 aromatic rings. The van der Waals surface area contributed by atoms with Gasteiger partial charge in [0.05, 0.1) is 18.5 Å². The summed E-state index contributed by atoms with van der Waals surface area (Å²) in [6.45, 7) is 1.07. The molecular weight excluding hydrogens is 312 g/mol. The van der Waals surface area contributed by atoms with Crippen LogP contribution in [0.15, 0.2) is 42.6 Å². The number of anilines is 1. The Morgan fingerprint density at radius 2 is 2.08 bits per heavy atom. The molecule has 0 saturated carbocycles. The SMILES string of the molecule is COCCOc1ccc(NC(=O)[C@@H]2COc3ccccc3O2)cn1. The number of nitrogens with zero attached hydrogens (tertiary/aromatic N) is 1. The predicted octanol–water partition coefficient (Wildman–Crippen LogP) is 1.89. The van der Waals surface area contributed by atoms with Gasteiger partial charge in [-0.2, -0.15) is 0 Å². The molecule has 1 amide bonds. The molecule has 1 aromatic carbocycles. The van der Waals surface area contributed by atoms with Crippen molar-refractivity contribution in [2.75, 3.05) is 32.2 Å². The molecule has 0 saturated heterocycles. The highest BCUT2D eigenvalue weighted by molar-refractivity contribution is 5.94. The quantitative estimate of drug-likeness (QED) is 0.815. The second kappa shape index (κ2) is 7.65. The van der Waals surface area contributed by atoms with Gasteiger partial charge in [-0.05, 0) is 18.2 Å². The first kappa shape index (κ1) is 16.1. The lowest BCUT2D eigenvalue weighted by Crippen LogP contribution is -2.40. The number of fused-ring (bicyclic) bond motifs is 1. The number of hydrogen-bond acceptors (Lipinski definition) is 6. The molecule has 1 N–H and O–H groups in total. The number of amides is 1. The zero-order chi connectivity index (χ0) is 16.8. The molecular formula is C17H18N2O5. The first-order valence-corrected chi connectivity index (χ1v) is 7.53. The Kier molecular flexibility index (Phi) is 5.12. The third-order valence-corrected chi connectivity index (χ3v) is 3.34. The number of methoxy groups -OCH3 is 1. The van der Waals surface area contributed by atoms with Crippen LogP contribution >= 0.6 is 0 Å². The number of nitrogens with one attached hydrogen (secondary N) is 1. The molecule has 1 aromatic heterocycles. The lowest BCUT2D eigenvalue weighted by atomic mass is 10.2. The number of para-hydroxylation sites is 2. The van der Waals surface area contributed by atoms with Crippen LogP contribution in [0.4, 0.5) is 5.69 Å². The Balaban J connectivity index is 1.55. The second-order valence-electron chi connectivity index (χ2n) is 5.08. The van der Waals surface area contributed by atoms with Crippen molar-refractivity contribution < 1.29 is 23.7 Å². The van der Waals surface area contributed by atoms with Gasteiger partial charge in [-0.15, -0.1) is 0 Å². The third kappa shape index (κ3) is 3.94. The first-order valence-electron chi connectivity index (χ1n) is 7.53. The summed E-state index contributed by atoms with van der Waals surface area (Å²) >= 11 is 0. The molecule has 0 fully saturated rings. The van der Waals surface area contributed by atoms with Crippen LogP contribution in [0, 0.1) is 0 Å². The molecule has 7 nitrogen and oxygen atoms in total. The summed E-state index contributed by atoms with van der Waals surface area (Å²) in [5, 5.41) is 2.75. The van der Waals surface area contributed by atoms with Gasteiger partial charge >= 0.3 is 0 Å². The van der Waals surface area contributed by atoms with Crippen LogP contribution in [0.5, 0.6) is 17.4 Å². The molecule has 3 rings (SSSR count). The van der Waals surface area contributed by atoms with Gasteiger partial charge in [0, 0.05) is 13.2 Å². The summed E-state index contributed by atoms with van der Waals surface area (Å²) in [6.07, 6.45) is 0.815. The topological polar surface area (TPSA) is 78.9 Å². The standard InChI is InChI=1S/C17H18N2O5/c1-21-8-9-22-16-7-6-12(10-18-16)19-17(20)15-11-23-13-4-2-3-5-14(13)24-15/h2-7,10,15H,8-9,11H2,1H3,(H,19,20)/t15-/m0/s1. The van der Waals surface area contributed by atoms with Crippen LogP contribution in [0.2, 0.25) is 0 Å². The molecule has 0 aliphatic carbocycles. The fourth-order valence-corrected chi connectivity index (χ4v) is 2.14. The van der Waals surface area contributed by atoms with E-state index in [2.05, 4.69) is 10.3 Å². The summed E-state index contributed by atoms with van der Waals surface area (Å²) in [5.41, 5.74) is 0.557. The van der Waals surface area contributed by atoms with Gasteiger partial charge in [0.1, 0.15) is 13.2 Å². The number of ether oxygens (including phenoxy) is 4. The summed E-state index contributed by atoms with van der Waals surface area (Å²) in [4.78, 5) is 16.4. The van der Waals surface area contributed by atoms with Crippen molar-refractivity contribution in [2.24, 2.45) is 0 Å². The highest BCUT2D eigenvalue weighted by Gasteiger charge is 2.27. The Morgan fingerprint density at radius 1 is 1.25 bits per heavy atom. The fourth-order valence-electron chi connectivity index (χ4n) is 2.14. The average molecular weight is 330 g/mol. The van der Waals surface area contributed by atoms with Crippen LogP contribution in [0.25, 0.3) is 0 Å². The van der Waals surface area contributed by atoms with E-state index < -0.39 is 6.10 Å². The van der Waals surface area contributed by atoms with Crippen molar-refractivity contribution in [2.45, 2.75) is 6.10 Å². The van der Waals surface area contributed by atoms with E-state index in [4.69, 9.17) is 18.9 Å². The molecule has 126 valence electrons. The zero-order valence-electron chi connectivity index (χ0n) is 13.2. The lowest BCUT2D eigenvalue weighted by molar-refractivity contribution is -0.125. The van der Waals surface area contributed by atoms with Gasteiger partial charge < -0.3 is 24.3 Å². The monoisotopic (exact) mass is 330 g/mol. The van der Waals surface area contributed by atoms with Crippen molar-refractivity contribution in [3.8, 4) is 17.4 Å². The van der Waals surface area contributed by atoms with Gasteiger partial charge in [-0.3, -0.25) is 4.79 Å². The number of benzene rings is 1. The van der Waals surface area contributed by atoms with Gasteiger partial charge in [0.25, 0.3) is 5.91 Å². The third-order valence-electron chi connectivity index (χ3n) is 3.34. The van der Waals surface area contributed by atoms with Crippen LogP contribution < -0.4 is 19.5 Å². The molecule has 7 heteroatoms. The first-order chi connectivity index (χ1) is 11.8. The van der Waals surface area contributed by atoms with Gasteiger partial charge in [-0.25, -0.2) is 4.98 Å². The highest BCUT2D eigenvalue weighted by atomic mass is 16.6. The Morgan fingerprint density at radius 3 is 2.83 bits per heavy atom. The average Bonchev–Trinajstić information content (AvgIpc) is 2.63. The fraction of sp³-hybridized carbons (Fsp3) is 0.294. The van der Waals surface area contributed by atoms with Crippen molar-refractivity contribution >= 4 is 11.6 Å². The number of hydrogen-bond donors (Lipinski definition) is 1. The van der Waals surface area contributed by atoms with Crippen molar-refractivity contribution in [1.82, 2.24) is 4.98 Å². The van der Waals surface area contributed by atoms with Gasteiger partial charge in [0.15, 0.2) is 11.5 Å². The van der Waals surface area contributed by atoms with Crippen molar-refractivity contribution in [1.29, 1.82) is 0 Å². The Bertz CT molecular complexity index is 690. The van der Waals surface area contributed by atoms with Crippen LogP contribution in [-0.2, 0) is 9.53 Å². The molecule has 0 spiro atoms. The van der Waals surface area contributed by atoms with E-state index in [1.807, 2.05) is 12.1 Å². The maximum atomic E-state index is 12.3. The molecule has 1 aliphatic heterocycles. The molecule has 24 heavy (non-hydrogen) atoms. The Labute approximate surface area is 139 Å². The smallest absolute Gasteiger partial charge is 0.269 e. The van der Waals surface area contributed by atoms with Crippen molar-refractivity contribution in [3.05, 3.63) is 42.6 Å². The van der Waals surface area contributed by atoms with Gasteiger partial charge in [-0.1, -0.05) is 12.1 Å².